The Morgan fingerprint density at radius 2 is 2.05 bits per heavy atom. The average Bonchev–Trinajstić information content (AvgIpc) is 3.09. The topological polar surface area (TPSA) is 75.4 Å². The fourth-order valence-corrected chi connectivity index (χ4v) is 2.32. The van der Waals surface area contributed by atoms with Crippen LogP contribution in [0.15, 0.2) is 28.7 Å². The van der Waals surface area contributed by atoms with Gasteiger partial charge in [-0.1, -0.05) is 28.1 Å². The summed E-state index contributed by atoms with van der Waals surface area (Å²) in [7, 11) is 0. The lowest BCUT2D eigenvalue weighted by atomic mass is 9.95. The standard InChI is InChI=1S/C14H19BrN2O2/c15-11-3-1-10(2-4-11)12(13(16)18)5-8-17-9-14(19)6-7-14/h1-4,12,17,19H,5-9H2,(H2,16,18)/t12-/m1/s1. The van der Waals surface area contributed by atoms with Crippen molar-refractivity contribution >= 4 is 21.8 Å². The van der Waals surface area contributed by atoms with E-state index in [1.165, 1.54) is 0 Å². The molecule has 0 heterocycles. The first kappa shape index (κ1) is 14.5. The first-order chi connectivity index (χ1) is 9.00. The molecule has 0 spiro atoms. The maximum Gasteiger partial charge on any atom is 0.225 e. The maximum atomic E-state index is 11.5. The van der Waals surface area contributed by atoms with Crippen molar-refractivity contribution in [3.05, 3.63) is 34.3 Å². The molecule has 2 rings (SSSR count). The summed E-state index contributed by atoms with van der Waals surface area (Å²) >= 11 is 3.37. The van der Waals surface area contributed by atoms with Crippen LogP contribution in [0.1, 0.15) is 30.7 Å². The zero-order chi connectivity index (χ0) is 13.9. The minimum atomic E-state index is -0.500. The van der Waals surface area contributed by atoms with E-state index in [2.05, 4.69) is 21.2 Å². The Bertz CT molecular complexity index is 443. The molecule has 1 aromatic rings. The van der Waals surface area contributed by atoms with Crippen molar-refractivity contribution in [1.82, 2.24) is 5.32 Å². The van der Waals surface area contributed by atoms with Gasteiger partial charge in [-0.2, -0.15) is 0 Å². The summed E-state index contributed by atoms with van der Waals surface area (Å²) in [6.45, 7) is 1.27. The summed E-state index contributed by atoms with van der Waals surface area (Å²) in [5, 5.41) is 12.9. The molecular weight excluding hydrogens is 308 g/mol. The Morgan fingerprint density at radius 1 is 1.42 bits per heavy atom. The smallest absolute Gasteiger partial charge is 0.225 e. The second kappa shape index (κ2) is 6.03. The van der Waals surface area contributed by atoms with Crippen LogP contribution in [-0.4, -0.2) is 29.7 Å². The summed E-state index contributed by atoms with van der Waals surface area (Å²) in [5.41, 5.74) is 5.89. The van der Waals surface area contributed by atoms with E-state index in [1.54, 1.807) is 0 Å². The molecule has 0 saturated heterocycles. The maximum absolute atomic E-state index is 11.5. The Morgan fingerprint density at radius 3 is 2.58 bits per heavy atom. The van der Waals surface area contributed by atoms with Crippen LogP contribution in [0.4, 0.5) is 0 Å². The van der Waals surface area contributed by atoms with Crippen LogP contribution in [0, 0.1) is 0 Å². The van der Waals surface area contributed by atoms with Crippen LogP contribution in [0.2, 0.25) is 0 Å². The zero-order valence-corrected chi connectivity index (χ0v) is 12.3. The number of halogens is 1. The summed E-state index contributed by atoms with van der Waals surface area (Å²) in [4.78, 5) is 11.5. The van der Waals surface area contributed by atoms with Crippen LogP contribution >= 0.6 is 15.9 Å². The van der Waals surface area contributed by atoms with E-state index in [1.807, 2.05) is 24.3 Å². The van der Waals surface area contributed by atoms with Gasteiger partial charge in [0.15, 0.2) is 0 Å². The number of hydrogen-bond donors (Lipinski definition) is 3. The van der Waals surface area contributed by atoms with Gasteiger partial charge >= 0.3 is 0 Å². The molecule has 0 unspecified atom stereocenters. The molecule has 0 aromatic heterocycles. The van der Waals surface area contributed by atoms with Gasteiger partial charge in [0.1, 0.15) is 0 Å². The van der Waals surface area contributed by atoms with Crippen molar-refractivity contribution in [2.75, 3.05) is 13.1 Å². The predicted octanol–water partition coefficient (Wildman–Crippen LogP) is 1.52. The third-order valence-corrected chi connectivity index (χ3v) is 4.04. The van der Waals surface area contributed by atoms with Crippen molar-refractivity contribution in [1.29, 1.82) is 0 Å². The van der Waals surface area contributed by atoms with Gasteiger partial charge in [-0.05, 0) is 43.5 Å². The summed E-state index contributed by atoms with van der Waals surface area (Å²) in [6, 6.07) is 7.64. The summed E-state index contributed by atoms with van der Waals surface area (Å²) in [6.07, 6.45) is 2.38. The van der Waals surface area contributed by atoms with Crippen LogP contribution in [0.3, 0.4) is 0 Å². The SMILES string of the molecule is NC(=O)[C@H](CCNCC1(O)CC1)c1ccc(Br)cc1. The predicted molar refractivity (Wildman–Crippen MR) is 77.7 cm³/mol. The number of carbonyl (C=O) groups is 1. The molecule has 1 aromatic carbocycles. The number of nitrogens with two attached hydrogens (primary N) is 1. The van der Waals surface area contributed by atoms with Crippen molar-refractivity contribution in [3.63, 3.8) is 0 Å². The molecule has 1 aliphatic rings. The van der Waals surface area contributed by atoms with E-state index in [0.29, 0.717) is 19.5 Å². The number of nitrogens with one attached hydrogen (secondary N) is 1. The molecule has 0 radical (unpaired) electrons. The molecule has 104 valence electrons. The fraction of sp³-hybridized carbons (Fsp3) is 0.500. The molecule has 1 amide bonds. The Balaban J connectivity index is 1.85. The Labute approximate surface area is 121 Å². The molecule has 1 atom stereocenters. The Kier molecular flexibility index (Phi) is 4.60. The molecular formula is C14H19BrN2O2. The highest BCUT2D eigenvalue weighted by Gasteiger charge is 2.39. The van der Waals surface area contributed by atoms with E-state index in [9.17, 15) is 9.90 Å². The van der Waals surface area contributed by atoms with Crippen LogP contribution in [0.5, 0.6) is 0 Å². The Hall–Kier alpha value is -0.910. The molecule has 1 saturated carbocycles. The van der Waals surface area contributed by atoms with Gasteiger partial charge in [-0.25, -0.2) is 0 Å². The second-order valence-electron chi connectivity index (χ2n) is 5.20. The van der Waals surface area contributed by atoms with Gasteiger partial charge in [-0.15, -0.1) is 0 Å². The number of primary amides is 1. The van der Waals surface area contributed by atoms with E-state index in [4.69, 9.17) is 5.73 Å². The van der Waals surface area contributed by atoms with Crippen molar-refractivity contribution in [2.45, 2.75) is 30.8 Å². The fourth-order valence-electron chi connectivity index (χ4n) is 2.06. The first-order valence-electron chi connectivity index (χ1n) is 6.48. The molecule has 4 nitrogen and oxygen atoms in total. The van der Waals surface area contributed by atoms with Gasteiger partial charge in [-0.3, -0.25) is 4.79 Å². The minimum Gasteiger partial charge on any atom is -0.389 e. The summed E-state index contributed by atoms with van der Waals surface area (Å²) in [5.74, 6) is -0.594. The first-order valence-corrected chi connectivity index (χ1v) is 7.27. The van der Waals surface area contributed by atoms with Crippen molar-refractivity contribution in [2.24, 2.45) is 5.73 Å². The van der Waals surface area contributed by atoms with E-state index < -0.39 is 5.60 Å². The van der Waals surface area contributed by atoms with E-state index in [0.717, 1.165) is 22.9 Å². The number of amides is 1. The van der Waals surface area contributed by atoms with Gasteiger partial charge in [0.2, 0.25) is 5.91 Å². The molecule has 0 aliphatic heterocycles. The number of benzene rings is 1. The molecule has 19 heavy (non-hydrogen) atoms. The molecule has 5 heteroatoms. The zero-order valence-electron chi connectivity index (χ0n) is 10.7. The van der Waals surface area contributed by atoms with Crippen molar-refractivity contribution in [3.8, 4) is 0 Å². The number of aliphatic hydroxyl groups is 1. The van der Waals surface area contributed by atoms with Gasteiger partial charge in [0.25, 0.3) is 0 Å². The highest BCUT2D eigenvalue weighted by atomic mass is 79.9. The summed E-state index contributed by atoms with van der Waals surface area (Å²) < 4.78 is 0.980. The molecule has 0 bridgehead atoms. The number of carbonyl (C=O) groups excluding carboxylic acids is 1. The van der Waals surface area contributed by atoms with Crippen LogP contribution < -0.4 is 11.1 Å². The largest absolute Gasteiger partial charge is 0.389 e. The molecule has 1 fully saturated rings. The lowest BCUT2D eigenvalue weighted by Crippen LogP contribution is -2.31. The highest BCUT2D eigenvalue weighted by Crippen LogP contribution is 2.33. The number of rotatable bonds is 7. The van der Waals surface area contributed by atoms with Crippen molar-refractivity contribution < 1.29 is 9.90 Å². The van der Waals surface area contributed by atoms with Gasteiger partial charge < -0.3 is 16.2 Å². The molecule has 1 aliphatic carbocycles. The van der Waals surface area contributed by atoms with E-state index in [-0.39, 0.29) is 11.8 Å². The van der Waals surface area contributed by atoms with Gasteiger partial charge in [0.05, 0.1) is 11.5 Å². The monoisotopic (exact) mass is 326 g/mol. The quantitative estimate of drug-likeness (QED) is 0.665. The second-order valence-corrected chi connectivity index (χ2v) is 6.11. The molecule has 4 N–H and O–H groups in total. The normalized spacial score (nSPS) is 18.0. The lowest BCUT2D eigenvalue weighted by molar-refractivity contribution is -0.119. The average molecular weight is 327 g/mol. The number of hydrogen-bond acceptors (Lipinski definition) is 3. The third kappa shape index (κ3) is 4.30. The van der Waals surface area contributed by atoms with Crippen LogP contribution in [0.25, 0.3) is 0 Å². The van der Waals surface area contributed by atoms with E-state index >= 15 is 0 Å². The van der Waals surface area contributed by atoms with Gasteiger partial charge in [0, 0.05) is 11.0 Å². The van der Waals surface area contributed by atoms with Crippen LogP contribution in [-0.2, 0) is 4.79 Å². The highest BCUT2D eigenvalue weighted by molar-refractivity contribution is 9.10. The lowest BCUT2D eigenvalue weighted by Gasteiger charge is -2.15. The third-order valence-electron chi connectivity index (χ3n) is 3.51. The minimum absolute atomic E-state index is 0.283.